The van der Waals surface area contributed by atoms with Gasteiger partial charge in [0.2, 0.25) is 0 Å². The predicted molar refractivity (Wildman–Crippen MR) is 68.9 cm³/mol. The van der Waals surface area contributed by atoms with Crippen molar-refractivity contribution in [2.45, 2.75) is 0 Å². The number of aromatic amines is 2. The van der Waals surface area contributed by atoms with Crippen LogP contribution in [0.4, 0.5) is 5.69 Å². The zero-order chi connectivity index (χ0) is 13.2. The summed E-state index contributed by atoms with van der Waals surface area (Å²) in [4.78, 5) is 22.7. The number of rotatable bonds is 2. The largest absolute Gasteiger partial charge is 0.321 e. The topological polar surface area (TPSA) is 104 Å². The van der Waals surface area contributed by atoms with Gasteiger partial charge in [-0.1, -0.05) is 0 Å². The number of anilines is 1. The van der Waals surface area contributed by atoms with Crippen LogP contribution in [0.1, 0.15) is 10.5 Å². The van der Waals surface area contributed by atoms with E-state index in [1.54, 1.807) is 18.3 Å². The van der Waals surface area contributed by atoms with Crippen LogP contribution in [-0.4, -0.2) is 26.3 Å². The Morgan fingerprint density at radius 2 is 2.05 bits per heavy atom. The molecule has 0 aliphatic carbocycles. The molecule has 0 fully saturated rings. The van der Waals surface area contributed by atoms with E-state index in [2.05, 4.69) is 25.7 Å². The number of fused-ring (bicyclic) bond motifs is 1. The van der Waals surface area contributed by atoms with E-state index in [-0.39, 0.29) is 17.2 Å². The molecule has 3 N–H and O–H groups in total. The highest BCUT2D eigenvalue weighted by Crippen LogP contribution is 2.16. The van der Waals surface area contributed by atoms with Gasteiger partial charge >= 0.3 is 0 Å². The van der Waals surface area contributed by atoms with E-state index in [1.165, 1.54) is 12.1 Å². The first-order chi connectivity index (χ1) is 9.22. The van der Waals surface area contributed by atoms with Crippen molar-refractivity contribution in [1.29, 1.82) is 0 Å². The van der Waals surface area contributed by atoms with Crippen molar-refractivity contribution in [3.05, 3.63) is 52.6 Å². The molecule has 0 aliphatic rings. The zero-order valence-corrected chi connectivity index (χ0v) is 9.68. The molecule has 2 heterocycles. The Balaban J connectivity index is 1.85. The van der Waals surface area contributed by atoms with Crippen molar-refractivity contribution in [3.8, 4) is 0 Å². The van der Waals surface area contributed by atoms with E-state index in [9.17, 15) is 9.59 Å². The maximum Gasteiger partial charge on any atom is 0.276 e. The molecule has 0 saturated heterocycles. The number of nitrogens with zero attached hydrogens (tertiary/aromatic N) is 2. The Bertz CT molecular complexity index is 784. The standard InChI is InChI=1S/C12H9N5O2/c18-11-4-3-10(16-17-11)12(19)14-8-1-2-9-7(5-8)6-13-15-9/h1-6H,(H,13,15)(H,14,19)(H,17,18). The van der Waals surface area contributed by atoms with Gasteiger partial charge in [-0.3, -0.25) is 14.7 Å². The smallest absolute Gasteiger partial charge is 0.276 e. The molecule has 0 aliphatic heterocycles. The zero-order valence-electron chi connectivity index (χ0n) is 9.68. The second-order valence-electron chi connectivity index (χ2n) is 3.93. The van der Waals surface area contributed by atoms with E-state index in [4.69, 9.17) is 0 Å². The van der Waals surface area contributed by atoms with Crippen LogP contribution < -0.4 is 10.9 Å². The number of carbonyl (C=O) groups is 1. The van der Waals surface area contributed by atoms with Gasteiger partial charge in [0.15, 0.2) is 0 Å². The molecule has 0 atom stereocenters. The van der Waals surface area contributed by atoms with Gasteiger partial charge in [-0.05, 0) is 24.3 Å². The summed E-state index contributed by atoms with van der Waals surface area (Å²) in [5, 5.41) is 16.2. The molecule has 7 nitrogen and oxygen atoms in total. The molecule has 1 aromatic carbocycles. The summed E-state index contributed by atoms with van der Waals surface area (Å²) in [5.41, 5.74) is 1.32. The quantitative estimate of drug-likeness (QED) is 0.632. The minimum Gasteiger partial charge on any atom is -0.321 e. The van der Waals surface area contributed by atoms with E-state index in [0.717, 1.165) is 10.9 Å². The highest BCUT2D eigenvalue weighted by Gasteiger charge is 2.08. The first-order valence-electron chi connectivity index (χ1n) is 5.52. The Morgan fingerprint density at radius 1 is 1.16 bits per heavy atom. The highest BCUT2D eigenvalue weighted by atomic mass is 16.2. The van der Waals surface area contributed by atoms with Crippen LogP contribution >= 0.6 is 0 Å². The summed E-state index contributed by atoms with van der Waals surface area (Å²) >= 11 is 0. The lowest BCUT2D eigenvalue weighted by molar-refractivity contribution is 0.102. The molecule has 2 aromatic heterocycles. The third-order valence-electron chi connectivity index (χ3n) is 2.61. The summed E-state index contributed by atoms with van der Waals surface area (Å²) in [6, 6.07) is 7.98. The van der Waals surface area contributed by atoms with E-state index in [0.29, 0.717) is 5.69 Å². The lowest BCUT2D eigenvalue weighted by Gasteiger charge is -2.03. The Morgan fingerprint density at radius 3 is 2.84 bits per heavy atom. The van der Waals surface area contributed by atoms with Crippen molar-refractivity contribution < 1.29 is 4.79 Å². The molecule has 0 spiro atoms. The normalized spacial score (nSPS) is 10.5. The molecule has 0 bridgehead atoms. The van der Waals surface area contributed by atoms with E-state index >= 15 is 0 Å². The maximum atomic E-state index is 11.9. The van der Waals surface area contributed by atoms with Crippen molar-refractivity contribution in [1.82, 2.24) is 20.4 Å². The molecule has 3 aromatic rings. The number of hydrogen-bond donors (Lipinski definition) is 3. The van der Waals surface area contributed by atoms with Crippen molar-refractivity contribution in [2.24, 2.45) is 0 Å². The molecule has 19 heavy (non-hydrogen) atoms. The van der Waals surface area contributed by atoms with E-state index in [1.807, 2.05) is 6.07 Å². The van der Waals surface area contributed by atoms with E-state index < -0.39 is 0 Å². The van der Waals surface area contributed by atoms with Gasteiger partial charge in [-0.2, -0.15) is 10.2 Å². The first kappa shape index (κ1) is 11.1. The third-order valence-corrected chi connectivity index (χ3v) is 2.61. The predicted octanol–water partition coefficient (Wildman–Crippen LogP) is 0.898. The van der Waals surface area contributed by atoms with Crippen molar-refractivity contribution in [3.63, 3.8) is 0 Å². The minimum atomic E-state index is -0.390. The van der Waals surface area contributed by atoms with Gasteiger partial charge < -0.3 is 5.32 Å². The van der Waals surface area contributed by atoms with Gasteiger partial charge in [0.1, 0.15) is 5.69 Å². The summed E-state index contributed by atoms with van der Waals surface area (Å²) < 4.78 is 0. The molecule has 0 saturated carbocycles. The number of hydrogen-bond acceptors (Lipinski definition) is 4. The van der Waals surface area contributed by atoms with Crippen LogP contribution in [0, 0.1) is 0 Å². The van der Waals surface area contributed by atoms with Gasteiger partial charge in [0.25, 0.3) is 11.5 Å². The summed E-state index contributed by atoms with van der Waals surface area (Å²) in [6.07, 6.45) is 1.67. The van der Waals surface area contributed by atoms with Crippen LogP contribution in [0.25, 0.3) is 10.9 Å². The minimum absolute atomic E-state index is 0.145. The number of benzene rings is 1. The molecular weight excluding hydrogens is 246 g/mol. The molecule has 3 rings (SSSR count). The second kappa shape index (κ2) is 4.37. The molecule has 7 heteroatoms. The number of carbonyl (C=O) groups excluding carboxylic acids is 1. The molecule has 1 amide bonds. The average molecular weight is 255 g/mol. The summed E-state index contributed by atoms with van der Waals surface area (Å²) in [7, 11) is 0. The molecular formula is C12H9N5O2. The molecule has 0 unspecified atom stereocenters. The van der Waals surface area contributed by atoms with Gasteiger partial charge in [-0.25, -0.2) is 5.10 Å². The molecule has 0 radical (unpaired) electrons. The average Bonchev–Trinajstić information content (AvgIpc) is 2.87. The summed E-state index contributed by atoms with van der Waals surface area (Å²) in [5.74, 6) is -0.390. The Kier molecular flexibility index (Phi) is 2.57. The van der Waals surface area contributed by atoms with Crippen LogP contribution in [0.2, 0.25) is 0 Å². The van der Waals surface area contributed by atoms with Crippen LogP contribution in [-0.2, 0) is 0 Å². The Labute approximate surface area is 106 Å². The maximum absolute atomic E-state index is 11.9. The van der Waals surface area contributed by atoms with Crippen molar-refractivity contribution >= 4 is 22.5 Å². The van der Waals surface area contributed by atoms with Crippen LogP contribution in [0.5, 0.6) is 0 Å². The number of aromatic nitrogens is 4. The second-order valence-corrected chi connectivity index (χ2v) is 3.93. The number of H-pyrrole nitrogens is 2. The Hall–Kier alpha value is -2.96. The van der Waals surface area contributed by atoms with Gasteiger partial charge in [0, 0.05) is 17.1 Å². The fraction of sp³-hybridized carbons (Fsp3) is 0. The number of amides is 1. The lowest BCUT2D eigenvalue weighted by Crippen LogP contribution is -2.17. The molecule has 94 valence electrons. The number of nitrogens with one attached hydrogen (secondary N) is 3. The summed E-state index contributed by atoms with van der Waals surface area (Å²) in [6.45, 7) is 0. The van der Waals surface area contributed by atoms with Gasteiger partial charge in [-0.15, -0.1) is 0 Å². The van der Waals surface area contributed by atoms with Crippen LogP contribution in [0.3, 0.4) is 0 Å². The first-order valence-corrected chi connectivity index (χ1v) is 5.52. The van der Waals surface area contributed by atoms with Gasteiger partial charge in [0.05, 0.1) is 11.7 Å². The fourth-order valence-corrected chi connectivity index (χ4v) is 1.69. The fourth-order valence-electron chi connectivity index (χ4n) is 1.69. The lowest BCUT2D eigenvalue weighted by atomic mass is 10.2. The SMILES string of the molecule is O=C(Nc1ccc2[nH]ncc2c1)c1ccc(=O)[nH]n1. The monoisotopic (exact) mass is 255 g/mol. The third kappa shape index (κ3) is 2.21. The van der Waals surface area contributed by atoms with Crippen LogP contribution in [0.15, 0.2) is 41.3 Å². The van der Waals surface area contributed by atoms with Crippen molar-refractivity contribution in [2.75, 3.05) is 5.32 Å². The highest BCUT2D eigenvalue weighted by molar-refractivity contribution is 6.03.